The number of carbonyl (C=O) groups excluding carboxylic acids is 2. The Balaban J connectivity index is 1.35. The molecule has 1 N–H and O–H groups in total. The van der Waals surface area contributed by atoms with E-state index in [0.717, 1.165) is 44.8 Å². The first kappa shape index (κ1) is 24.6. The molecule has 0 saturated carbocycles. The molecule has 0 spiro atoms. The molecule has 2 heterocycles. The molecule has 0 bridgehead atoms. The van der Waals surface area contributed by atoms with E-state index in [4.69, 9.17) is 9.47 Å². The number of anilines is 2. The zero-order chi connectivity index (χ0) is 25.1. The monoisotopic (exact) mass is 492 g/mol. The van der Waals surface area contributed by atoms with Crippen LogP contribution in [0.3, 0.4) is 0 Å². The first-order valence-electron chi connectivity index (χ1n) is 12.9. The second-order valence-corrected chi connectivity index (χ2v) is 9.91. The summed E-state index contributed by atoms with van der Waals surface area (Å²) in [5.74, 6) is 0.644. The molecule has 2 aromatic carbocycles. The van der Waals surface area contributed by atoms with Crippen LogP contribution in [0.4, 0.5) is 11.4 Å². The molecule has 0 aromatic heterocycles. The number of methoxy groups -OCH3 is 1. The lowest BCUT2D eigenvalue weighted by molar-refractivity contribution is -0.120. The molecule has 2 amide bonds. The molecule has 5 rings (SSSR count). The first-order chi connectivity index (χ1) is 17.5. The number of ether oxygens (including phenoxy) is 2. The normalized spacial score (nSPS) is 20.6. The number of para-hydroxylation sites is 1. The number of piperazine rings is 1. The van der Waals surface area contributed by atoms with Crippen LogP contribution in [0.5, 0.6) is 5.75 Å². The number of carbonyl (C=O) groups is 2. The molecule has 1 atom stereocenters. The molecule has 8 heteroatoms. The van der Waals surface area contributed by atoms with Gasteiger partial charge in [0.05, 0.1) is 31.6 Å². The highest BCUT2D eigenvalue weighted by molar-refractivity contribution is 6.04. The summed E-state index contributed by atoms with van der Waals surface area (Å²) in [7, 11) is 3.87. The molecular formula is C28H36N4O4. The summed E-state index contributed by atoms with van der Waals surface area (Å²) in [4.78, 5) is 33.2. The van der Waals surface area contributed by atoms with Crippen molar-refractivity contribution in [3.8, 4) is 5.75 Å². The molecule has 192 valence electrons. The summed E-state index contributed by atoms with van der Waals surface area (Å²) >= 11 is 0. The number of amides is 2. The molecule has 1 aliphatic carbocycles. The smallest absolute Gasteiger partial charge is 0.256 e. The number of nitrogens with zero attached hydrogens (tertiary/aromatic N) is 3. The molecule has 36 heavy (non-hydrogen) atoms. The number of fused-ring (bicyclic) bond motifs is 1. The lowest BCUT2D eigenvalue weighted by Gasteiger charge is -2.37. The van der Waals surface area contributed by atoms with Crippen LogP contribution in [0.1, 0.15) is 27.9 Å². The van der Waals surface area contributed by atoms with Crippen molar-refractivity contribution in [2.75, 3.05) is 76.9 Å². The Morgan fingerprint density at radius 2 is 1.72 bits per heavy atom. The van der Waals surface area contributed by atoms with E-state index in [9.17, 15) is 9.59 Å². The molecule has 2 fully saturated rings. The SMILES string of the molecule is COc1ccc(N2CCN(C)CC2)c2c1CC[C@@H](C(=O)Nc1ccccc1C(=O)N1CCOCC1)C2. The zero-order valence-corrected chi connectivity index (χ0v) is 21.3. The summed E-state index contributed by atoms with van der Waals surface area (Å²) in [6, 6.07) is 11.5. The highest BCUT2D eigenvalue weighted by Gasteiger charge is 2.31. The molecule has 2 saturated heterocycles. The van der Waals surface area contributed by atoms with E-state index >= 15 is 0 Å². The average Bonchev–Trinajstić information content (AvgIpc) is 2.93. The van der Waals surface area contributed by atoms with Crippen LogP contribution in [-0.4, -0.2) is 88.3 Å². The van der Waals surface area contributed by atoms with E-state index in [2.05, 4.69) is 34.3 Å². The number of rotatable bonds is 5. The third-order valence-corrected chi connectivity index (χ3v) is 7.71. The number of morpholine rings is 1. The van der Waals surface area contributed by atoms with Crippen LogP contribution in [-0.2, 0) is 22.4 Å². The predicted octanol–water partition coefficient (Wildman–Crippen LogP) is 2.66. The Morgan fingerprint density at radius 1 is 0.972 bits per heavy atom. The van der Waals surface area contributed by atoms with Gasteiger partial charge in [0, 0.05) is 50.9 Å². The van der Waals surface area contributed by atoms with Gasteiger partial charge in [-0.15, -0.1) is 0 Å². The summed E-state index contributed by atoms with van der Waals surface area (Å²) in [6.45, 7) is 6.22. The first-order valence-corrected chi connectivity index (χ1v) is 12.9. The number of likely N-dealkylation sites (N-methyl/N-ethyl adjacent to an activating group) is 1. The van der Waals surface area contributed by atoms with Crippen molar-refractivity contribution in [3.05, 3.63) is 53.1 Å². The van der Waals surface area contributed by atoms with Gasteiger partial charge in [-0.25, -0.2) is 0 Å². The predicted molar refractivity (Wildman–Crippen MR) is 140 cm³/mol. The Labute approximate surface area is 213 Å². The van der Waals surface area contributed by atoms with Crippen molar-refractivity contribution in [2.24, 2.45) is 5.92 Å². The van der Waals surface area contributed by atoms with Crippen LogP contribution >= 0.6 is 0 Å². The third kappa shape index (κ3) is 5.06. The summed E-state index contributed by atoms with van der Waals surface area (Å²) in [6.07, 6.45) is 2.22. The lowest BCUT2D eigenvalue weighted by Crippen LogP contribution is -2.45. The number of nitrogens with one attached hydrogen (secondary N) is 1. The maximum absolute atomic E-state index is 13.5. The quantitative estimate of drug-likeness (QED) is 0.692. The highest BCUT2D eigenvalue weighted by Crippen LogP contribution is 2.39. The maximum Gasteiger partial charge on any atom is 0.256 e. The largest absolute Gasteiger partial charge is 0.496 e. The van der Waals surface area contributed by atoms with Crippen LogP contribution in [0, 0.1) is 5.92 Å². The fraction of sp³-hybridized carbons (Fsp3) is 0.500. The van der Waals surface area contributed by atoms with Gasteiger partial charge in [0.15, 0.2) is 0 Å². The van der Waals surface area contributed by atoms with Gasteiger partial charge in [0.2, 0.25) is 5.91 Å². The van der Waals surface area contributed by atoms with Gasteiger partial charge >= 0.3 is 0 Å². The van der Waals surface area contributed by atoms with Crippen molar-refractivity contribution in [3.63, 3.8) is 0 Å². The van der Waals surface area contributed by atoms with Gasteiger partial charge in [-0.1, -0.05) is 12.1 Å². The minimum atomic E-state index is -0.164. The molecule has 8 nitrogen and oxygen atoms in total. The third-order valence-electron chi connectivity index (χ3n) is 7.71. The van der Waals surface area contributed by atoms with Crippen LogP contribution in [0.2, 0.25) is 0 Å². The van der Waals surface area contributed by atoms with Crippen molar-refractivity contribution >= 4 is 23.2 Å². The van der Waals surface area contributed by atoms with Crippen molar-refractivity contribution in [1.82, 2.24) is 9.80 Å². The average molecular weight is 493 g/mol. The summed E-state index contributed by atoms with van der Waals surface area (Å²) < 4.78 is 11.1. The number of benzene rings is 2. The molecule has 3 aliphatic rings. The maximum atomic E-state index is 13.5. The van der Waals surface area contributed by atoms with Crippen molar-refractivity contribution < 1.29 is 19.1 Å². The second kappa shape index (κ2) is 10.9. The van der Waals surface area contributed by atoms with E-state index in [0.29, 0.717) is 44.0 Å². The summed E-state index contributed by atoms with van der Waals surface area (Å²) in [5, 5.41) is 3.10. The van der Waals surface area contributed by atoms with Gasteiger partial charge in [-0.2, -0.15) is 0 Å². The molecule has 2 aromatic rings. The topological polar surface area (TPSA) is 74.4 Å². The number of hydrogen-bond acceptors (Lipinski definition) is 6. The highest BCUT2D eigenvalue weighted by atomic mass is 16.5. The minimum Gasteiger partial charge on any atom is -0.496 e. The fourth-order valence-corrected chi connectivity index (χ4v) is 5.54. The lowest BCUT2D eigenvalue weighted by atomic mass is 9.81. The van der Waals surface area contributed by atoms with Crippen LogP contribution in [0.15, 0.2) is 36.4 Å². The van der Waals surface area contributed by atoms with E-state index in [1.807, 2.05) is 18.2 Å². The van der Waals surface area contributed by atoms with Crippen molar-refractivity contribution in [2.45, 2.75) is 19.3 Å². The number of hydrogen-bond donors (Lipinski definition) is 1. The minimum absolute atomic E-state index is 0.0324. The molecule has 0 unspecified atom stereocenters. The van der Waals surface area contributed by atoms with Crippen LogP contribution in [0.25, 0.3) is 0 Å². The van der Waals surface area contributed by atoms with E-state index in [-0.39, 0.29) is 17.7 Å². The second-order valence-electron chi connectivity index (χ2n) is 9.91. The zero-order valence-electron chi connectivity index (χ0n) is 21.3. The van der Waals surface area contributed by atoms with Gasteiger partial charge in [0.1, 0.15) is 5.75 Å². The Kier molecular flexibility index (Phi) is 7.43. The van der Waals surface area contributed by atoms with Gasteiger partial charge < -0.3 is 29.5 Å². The van der Waals surface area contributed by atoms with Crippen molar-refractivity contribution in [1.29, 1.82) is 0 Å². The van der Waals surface area contributed by atoms with Gasteiger partial charge in [0.25, 0.3) is 5.91 Å². The fourth-order valence-electron chi connectivity index (χ4n) is 5.54. The Morgan fingerprint density at radius 3 is 2.47 bits per heavy atom. The molecule has 2 aliphatic heterocycles. The standard InChI is InChI=1S/C28H36N4O4/c1-30-11-13-31(14-12-30)25-9-10-26(35-2)21-8-7-20(19-23(21)25)27(33)29-24-6-4-3-5-22(24)28(34)32-15-17-36-18-16-32/h3-6,9-10,20H,7-8,11-19H2,1-2H3,(H,29,33)/t20-/m1/s1. The Hall–Kier alpha value is -3.10. The molecule has 0 radical (unpaired) electrons. The van der Waals surface area contributed by atoms with Gasteiger partial charge in [-0.05, 0) is 61.7 Å². The molecular weight excluding hydrogens is 456 g/mol. The van der Waals surface area contributed by atoms with E-state index in [1.165, 1.54) is 16.8 Å². The summed E-state index contributed by atoms with van der Waals surface area (Å²) in [5.41, 5.74) is 4.78. The van der Waals surface area contributed by atoms with Crippen LogP contribution < -0.4 is 15.0 Å². The van der Waals surface area contributed by atoms with Gasteiger partial charge in [-0.3, -0.25) is 9.59 Å². The van der Waals surface area contributed by atoms with E-state index < -0.39 is 0 Å². The van der Waals surface area contributed by atoms with E-state index in [1.54, 1.807) is 18.1 Å². The Bertz CT molecular complexity index is 1110.